The smallest absolute Gasteiger partial charge is 0.388 e. The van der Waals surface area contributed by atoms with Crippen LogP contribution in [0.2, 0.25) is 0 Å². The second kappa shape index (κ2) is 7.70. The summed E-state index contributed by atoms with van der Waals surface area (Å²) in [5.41, 5.74) is 8.28. The highest BCUT2D eigenvalue weighted by atomic mass is 31.1. The zero-order valence-electron chi connectivity index (χ0n) is 17.7. The third-order valence-corrected chi connectivity index (χ3v) is 6.74. The van der Waals surface area contributed by atoms with Crippen molar-refractivity contribution in [2.45, 2.75) is 47.6 Å². The molecule has 2 aromatic carbocycles. The number of pyridine rings is 1. The van der Waals surface area contributed by atoms with E-state index in [-0.39, 0.29) is 6.10 Å². The van der Waals surface area contributed by atoms with Crippen LogP contribution in [0.25, 0.3) is 21.9 Å². The lowest BCUT2D eigenvalue weighted by atomic mass is 9.97. The lowest BCUT2D eigenvalue weighted by molar-refractivity contribution is 0.279. The molecular formula is C24H26NO3P. The molecule has 29 heavy (non-hydrogen) atoms. The van der Waals surface area contributed by atoms with Gasteiger partial charge in [-0.25, -0.2) is 0 Å². The van der Waals surface area contributed by atoms with E-state index in [4.69, 9.17) is 12.9 Å². The van der Waals surface area contributed by atoms with Crippen LogP contribution in [0, 0.1) is 34.6 Å². The van der Waals surface area contributed by atoms with E-state index in [1.54, 1.807) is 0 Å². The summed E-state index contributed by atoms with van der Waals surface area (Å²) >= 11 is 0. The number of aromatic nitrogens is 1. The number of benzene rings is 2. The van der Waals surface area contributed by atoms with Crippen molar-refractivity contribution in [3.05, 3.63) is 76.1 Å². The maximum atomic E-state index is 6.29. The van der Waals surface area contributed by atoms with E-state index in [1.165, 1.54) is 22.3 Å². The highest BCUT2D eigenvalue weighted by Gasteiger charge is 2.16. The zero-order valence-corrected chi connectivity index (χ0v) is 18.6. The van der Waals surface area contributed by atoms with Crippen molar-refractivity contribution in [1.82, 2.24) is 4.98 Å². The second-order valence-electron chi connectivity index (χ2n) is 7.62. The van der Waals surface area contributed by atoms with E-state index in [0.717, 1.165) is 33.3 Å². The summed E-state index contributed by atoms with van der Waals surface area (Å²) in [6.07, 6.45) is -0.246. The Kier molecular flexibility index (Phi) is 5.24. The van der Waals surface area contributed by atoms with Crippen molar-refractivity contribution < 1.29 is 12.9 Å². The van der Waals surface area contributed by atoms with Crippen LogP contribution in [0.3, 0.4) is 0 Å². The molecule has 0 saturated carbocycles. The van der Waals surface area contributed by atoms with Gasteiger partial charge in [-0.1, -0.05) is 18.2 Å². The SMILES string of the molecule is Cc1cccc([C@@H](C)Op2oc3ccc(C)c(C)c3c3c(C)c(C)ccc3o2)n1. The molecular weight excluding hydrogens is 381 g/mol. The van der Waals surface area contributed by atoms with E-state index in [2.05, 4.69) is 44.8 Å². The van der Waals surface area contributed by atoms with E-state index in [0.29, 0.717) is 0 Å². The summed E-state index contributed by atoms with van der Waals surface area (Å²) in [5.74, 6) is 0. The number of hydrogen-bond donors (Lipinski definition) is 0. The maximum absolute atomic E-state index is 6.29. The van der Waals surface area contributed by atoms with Gasteiger partial charge in [0, 0.05) is 16.5 Å². The summed E-state index contributed by atoms with van der Waals surface area (Å²) < 4.78 is 18.8. The third-order valence-electron chi connectivity index (χ3n) is 5.56. The minimum absolute atomic E-state index is 0.246. The Labute approximate surface area is 172 Å². The average molecular weight is 407 g/mol. The standard InChI is InChI=1S/C24H26NO3P/c1-14-10-12-21-23(17(14)4)24-18(5)15(2)11-13-22(24)28-29(27-21)26-19(6)20-9-7-8-16(3)25-20/h7-13,19H,1-6H3/t19-/m1/s1. The average Bonchev–Trinajstić information content (AvgIpc) is 2.85. The van der Waals surface area contributed by atoms with Gasteiger partial charge < -0.3 is 8.39 Å². The fourth-order valence-corrected chi connectivity index (χ4v) is 4.67. The zero-order chi connectivity index (χ0) is 20.7. The molecule has 0 fully saturated rings. The van der Waals surface area contributed by atoms with Crippen molar-refractivity contribution >= 4 is 30.2 Å². The van der Waals surface area contributed by atoms with Gasteiger partial charge in [0.2, 0.25) is 0 Å². The van der Waals surface area contributed by atoms with Crippen LogP contribution in [0.15, 0.2) is 50.9 Å². The summed E-state index contributed by atoms with van der Waals surface area (Å²) in [4.78, 5) is 4.58. The molecule has 0 aliphatic heterocycles. The Bertz CT molecular complexity index is 1190. The molecule has 1 atom stereocenters. The van der Waals surface area contributed by atoms with Crippen LogP contribution < -0.4 is 4.52 Å². The quantitative estimate of drug-likeness (QED) is 0.355. The number of nitrogens with zero attached hydrogens (tertiary/aromatic N) is 1. The van der Waals surface area contributed by atoms with Gasteiger partial charge in [0.1, 0.15) is 17.3 Å². The summed E-state index contributed by atoms with van der Waals surface area (Å²) in [6, 6.07) is 14.1. The van der Waals surface area contributed by atoms with Crippen LogP contribution in [-0.2, 0) is 0 Å². The van der Waals surface area contributed by atoms with Gasteiger partial charge in [-0.15, -0.1) is 0 Å². The minimum atomic E-state index is -1.63. The molecule has 0 amide bonds. The van der Waals surface area contributed by atoms with E-state index >= 15 is 0 Å². The molecule has 0 bridgehead atoms. The lowest BCUT2D eigenvalue weighted by Crippen LogP contribution is -2.03. The molecule has 0 N–H and O–H groups in total. The van der Waals surface area contributed by atoms with Crippen LogP contribution in [0.4, 0.5) is 0 Å². The number of aryl methyl sites for hydroxylation is 5. The lowest BCUT2D eigenvalue weighted by Gasteiger charge is -2.10. The molecule has 5 heteroatoms. The molecule has 0 aliphatic rings. The Hall–Kier alpha value is -2.55. The topological polar surface area (TPSA) is 48.4 Å². The molecule has 4 aromatic rings. The van der Waals surface area contributed by atoms with Crippen molar-refractivity contribution in [1.29, 1.82) is 0 Å². The van der Waals surface area contributed by atoms with Crippen LogP contribution in [-0.4, -0.2) is 4.98 Å². The molecule has 150 valence electrons. The van der Waals surface area contributed by atoms with Crippen LogP contribution in [0.5, 0.6) is 0 Å². The fourth-order valence-electron chi connectivity index (χ4n) is 3.55. The van der Waals surface area contributed by atoms with Gasteiger partial charge >= 0.3 is 8.24 Å². The molecule has 0 spiro atoms. The van der Waals surface area contributed by atoms with Crippen molar-refractivity contribution in [2.24, 2.45) is 0 Å². The normalized spacial score (nSPS) is 12.5. The monoisotopic (exact) mass is 407 g/mol. The van der Waals surface area contributed by atoms with Crippen LogP contribution in [0.1, 0.15) is 46.7 Å². The summed E-state index contributed by atoms with van der Waals surface area (Å²) in [7, 11) is -1.63. The number of hydrogen-bond acceptors (Lipinski definition) is 4. The Morgan fingerprint density at radius 2 is 1.34 bits per heavy atom. The fraction of sp³-hybridized carbons (Fsp3) is 0.292. The van der Waals surface area contributed by atoms with Crippen LogP contribution >= 0.6 is 8.24 Å². The van der Waals surface area contributed by atoms with E-state index in [9.17, 15) is 0 Å². The highest BCUT2D eigenvalue weighted by molar-refractivity contribution is 7.31. The number of rotatable bonds is 3. The van der Waals surface area contributed by atoms with Gasteiger partial charge in [-0.2, -0.15) is 0 Å². The van der Waals surface area contributed by atoms with Gasteiger partial charge in [0.15, 0.2) is 0 Å². The molecule has 4 nitrogen and oxygen atoms in total. The predicted octanol–water partition coefficient (Wildman–Crippen LogP) is 7.42. The molecule has 0 aliphatic carbocycles. The second-order valence-corrected chi connectivity index (χ2v) is 8.64. The third kappa shape index (κ3) is 3.71. The van der Waals surface area contributed by atoms with Crippen molar-refractivity contribution in [3.63, 3.8) is 0 Å². The van der Waals surface area contributed by atoms with Gasteiger partial charge in [0.05, 0.1) is 5.69 Å². The first-order chi connectivity index (χ1) is 13.8. The molecule has 2 aromatic heterocycles. The molecule has 0 radical (unpaired) electrons. The molecule has 0 unspecified atom stereocenters. The van der Waals surface area contributed by atoms with Gasteiger partial charge in [-0.05, 0) is 88.1 Å². The molecule has 0 saturated heterocycles. The molecule has 4 rings (SSSR count). The summed E-state index contributed by atoms with van der Waals surface area (Å²) in [5, 5.41) is 2.19. The minimum Gasteiger partial charge on any atom is -0.399 e. The maximum Gasteiger partial charge on any atom is 0.388 e. The Balaban J connectivity index is 1.97. The Morgan fingerprint density at radius 1 is 0.793 bits per heavy atom. The Morgan fingerprint density at radius 3 is 1.86 bits per heavy atom. The largest absolute Gasteiger partial charge is 0.399 e. The van der Waals surface area contributed by atoms with Gasteiger partial charge in [-0.3, -0.25) is 9.51 Å². The first kappa shape index (κ1) is 19.8. The predicted molar refractivity (Wildman–Crippen MR) is 119 cm³/mol. The van der Waals surface area contributed by atoms with E-state index in [1.807, 2.05) is 44.2 Å². The van der Waals surface area contributed by atoms with Crippen molar-refractivity contribution in [2.75, 3.05) is 0 Å². The first-order valence-electron chi connectivity index (χ1n) is 9.82. The molecule has 2 heterocycles. The number of fused-ring (bicyclic) bond motifs is 3. The first-order valence-corrected chi connectivity index (χ1v) is 10.9. The van der Waals surface area contributed by atoms with Gasteiger partial charge in [0.25, 0.3) is 0 Å². The van der Waals surface area contributed by atoms with E-state index < -0.39 is 8.24 Å². The summed E-state index contributed by atoms with van der Waals surface area (Å²) in [6.45, 7) is 12.5. The highest BCUT2D eigenvalue weighted by Crippen LogP contribution is 2.39. The van der Waals surface area contributed by atoms with Crippen molar-refractivity contribution in [3.8, 4) is 0 Å².